The maximum absolute atomic E-state index is 5.51. The second-order valence-electron chi connectivity index (χ2n) is 4.92. The number of hydrogen-bond acceptors (Lipinski definition) is 5. The molecular weight excluding hydrogens is 284 g/mol. The molecule has 0 aliphatic carbocycles. The smallest absolute Gasteiger partial charge is 0.239 e. The Balaban J connectivity index is 2.24. The van der Waals surface area contributed by atoms with Crippen molar-refractivity contribution in [2.75, 3.05) is 59.1 Å². The molecule has 0 atom stereocenters. The van der Waals surface area contributed by atoms with E-state index in [0.29, 0.717) is 5.75 Å². The van der Waals surface area contributed by atoms with Crippen LogP contribution in [0.15, 0.2) is 12.1 Å². The van der Waals surface area contributed by atoms with Gasteiger partial charge in [0.2, 0.25) is 12.0 Å². The van der Waals surface area contributed by atoms with Gasteiger partial charge in [0.05, 0.1) is 27.9 Å². The summed E-state index contributed by atoms with van der Waals surface area (Å²) in [6.45, 7) is 6.20. The summed E-state index contributed by atoms with van der Waals surface area (Å²) in [4.78, 5) is 2.14. The van der Waals surface area contributed by atoms with Crippen molar-refractivity contribution in [3.05, 3.63) is 12.1 Å². The quantitative estimate of drug-likeness (QED) is 0.539. The molecule has 22 heavy (non-hydrogen) atoms. The minimum Gasteiger partial charge on any atom is -0.496 e. The van der Waals surface area contributed by atoms with Crippen molar-refractivity contribution in [1.29, 1.82) is 0 Å². The lowest BCUT2D eigenvalue weighted by Gasteiger charge is -2.16. The van der Waals surface area contributed by atoms with Gasteiger partial charge in [-0.1, -0.05) is 0 Å². The van der Waals surface area contributed by atoms with Crippen LogP contribution in [0.25, 0.3) is 0 Å². The van der Waals surface area contributed by atoms with Crippen molar-refractivity contribution >= 4 is 12.0 Å². The molecule has 0 unspecified atom stereocenters. The molecule has 6 nitrogen and oxygen atoms in total. The van der Waals surface area contributed by atoms with Crippen LogP contribution in [-0.2, 0) is 4.74 Å². The first-order valence-corrected chi connectivity index (χ1v) is 7.46. The predicted molar refractivity (Wildman–Crippen MR) is 86.0 cm³/mol. The number of ether oxygens (including phenoxy) is 4. The summed E-state index contributed by atoms with van der Waals surface area (Å²) < 4.78 is 24.0. The molecule has 1 heterocycles. The standard InChI is InChI=1S/C16H25N2O4/c1-5-22-9-8-17-6-7-18(12-17)16-14(20-3)10-13(19-2)11-15(16)21-4/h10-12H,5-9H2,1-4H3/q+1. The highest BCUT2D eigenvalue weighted by Gasteiger charge is 2.28. The lowest BCUT2D eigenvalue weighted by molar-refractivity contribution is -0.516. The minimum atomic E-state index is 0.713. The molecule has 0 fully saturated rings. The van der Waals surface area contributed by atoms with E-state index in [1.165, 1.54) is 0 Å². The topological polar surface area (TPSA) is 43.2 Å². The fraction of sp³-hybridized carbons (Fsp3) is 0.562. The van der Waals surface area contributed by atoms with Crippen LogP contribution in [0.5, 0.6) is 17.2 Å². The summed E-state index contributed by atoms with van der Waals surface area (Å²) in [5, 5.41) is 0. The van der Waals surface area contributed by atoms with Gasteiger partial charge in [-0.15, -0.1) is 0 Å². The third kappa shape index (κ3) is 3.62. The first-order chi connectivity index (χ1) is 10.7. The molecule has 0 radical (unpaired) electrons. The zero-order valence-electron chi connectivity index (χ0n) is 13.8. The van der Waals surface area contributed by atoms with Crippen LogP contribution in [0.1, 0.15) is 6.92 Å². The molecular formula is C16H25N2O4+. The zero-order valence-corrected chi connectivity index (χ0v) is 13.8. The highest BCUT2D eigenvalue weighted by atomic mass is 16.5. The Hall–Kier alpha value is -1.95. The molecule has 1 aliphatic rings. The van der Waals surface area contributed by atoms with Gasteiger partial charge in [-0.05, 0) is 6.92 Å². The van der Waals surface area contributed by atoms with E-state index in [1.807, 2.05) is 19.1 Å². The highest BCUT2D eigenvalue weighted by molar-refractivity contribution is 5.85. The first kappa shape index (κ1) is 16.4. The minimum absolute atomic E-state index is 0.713. The van der Waals surface area contributed by atoms with Gasteiger partial charge in [-0.3, -0.25) is 4.58 Å². The number of nitrogens with zero attached hydrogens (tertiary/aromatic N) is 2. The Bertz CT molecular complexity index is 506. The highest BCUT2D eigenvalue weighted by Crippen LogP contribution is 2.41. The fourth-order valence-corrected chi connectivity index (χ4v) is 2.48. The van der Waals surface area contributed by atoms with Crippen molar-refractivity contribution in [1.82, 2.24) is 0 Å². The average Bonchev–Trinajstić information content (AvgIpc) is 3.02. The predicted octanol–water partition coefficient (Wildman–Crippen LogP) is 1.61. The van der Waals surface area contributed by atoms with Crippen LogP contribution in [0.4, 0.5) is 5.69 Å². The van der Waals surface area contributed by atoms with E-state index >= 15 is 0 Å². The second-order valence-corrected chi connectivity index (χ2v) is 4.92. The fourth-order valence-electron chi connectivity index (χ4n) is 2.48. The molecule has 0 amide bonds. The average molecular weight is 309 g/mol. The van der Waals surface area contributed by atoms with E-state index in [0.717, 1.165) is 50.0 Å². The number of anilines is 1. The van der Waals surface area contributed by atoms with Crippen LogP contribution < -0.4 is 19.1 Å². The Kier molecular flexibility index (Phi) is 5.89. The van der Waals surface area contributed by atoms with E-state index in [-0.39, 0.29) is 0 Å². The monoisotopic (exact) mass is 309 g/mol. The van der Waals surface area contributed by atoms with Gasteiger partial charge in [0.25, 0.3) is 0 Å². The number of rotatable bonds is 8. The van der Waals surface area contributed by atoms with E-state index in [1.54, 1.807) is 21.3 Å². The number of benzene rings is 1. The molecule has 0 aromatic heterocycles. The lowest BCUT2D eigenvalue weighted by Crippen LogP contribution is -2.20. The van der Waals surface area contributed by atoms with Crippen molar-refractivity contribution in [2.24, 2.45) is 0 Å². The summed E-state index contributed by atoms with van der Waals surface area (Å²) in [6, 6.07) is 3.74. The second kappa shape index (κ2) is 7.89. The van der Waals surface area contributed by atoms with Crippen LogP contribution in [-0.4, -0.2) is 65.1 Å². The van der Waals surface area contributed by atoms with Gasteiger partial charge in [0, 0.05) is 18.7 Å². The van der Waals surface area contributed by atoms with Gasteiger partial charge in [0.1, 0.15) is 25.4 Å². The summed E-state index contributed by atoms with van der Waals surface area (Å²) in [5.74, 6) is 2.18. The van der Waals surface area contributed by atoms with E-state index in [2.05, 4.69) is 15.8 Å². The Morgan fingerprint density at radius 2 is 1.77 bits per heavy atom. The van der Waals surface area contributed by atoms with Gasteiger partial charge in [-0.2, -0.15) is 0 Å². The maximum Gasteiger partial charge on any atom is 0.239 e. The van der Waals surface area contributed by atoms with Crippen LogP contribution in [0.3, 0.4) is 0 Å². The van der Waals surface area contributed by atoms with Crippen LogP contribution >= 0.6 is 0 Å². The molecule has 1 aromatic rings. The van der Waals surface area contributed by atoms with E-state index < -0.39 is 0 Å². The molecule has 2 rings (SSSR count). The summed E-state index contributed by atoms with van der Waals surface area (Å²) >= 11 is 0. The number of methoxy groups -OCH3 is 3. The van der Waals surface area contributed by atoms with Gasteiger partial charge in [-0.25, -0.2) is 4.90 Å². The molecule has 0 N–H and O–H groups in total. The normalized spacial score (nSPS) is 14.0. The third-order valence-corrected chi connectivity index (χ3v) is 3.63. The summed E-state index contributed by atoms with van der Waals surface area (Å²) in [7, 11) is 4.94. The number of hydrogen-bond donors (Lipinski definition) is 0. The Morgan fingerprint density at radius 3 is 2.32 bits per heavy atom. The van der Waals surface area contributed by atoms with E-state index in [9.17, 15) is 0 Å². The molecule has 0 saturated carbocycles. The molecule has 122 valence electrons. The summed E-state index contributed by atoms with van der Waals surface area (Å²) in [5.41, 5.74) is 0.921. The molecule has 0 bridgehead atoms. The Labute approximate surface area is 131 Å². The van der Waals surface area contributed by atoms with Crippen molar-refractivity contribution in [3.63, 3.8) is 0 Å². The van der Waals surface area contributed by atoms with Gasteiger partial charge < -0.3 is 18.9 Å². The van der Waals surface area contributed by atoms with E-state index in [4.69, 9.17) is 18.9 Å². The molecule has 0 spiro atoms. The summed E-state index contributed by atoms with van der Waals surface area (Å²) in [6.07, 6.45) is 2.09. The van der Waals surface area contributed by atoms with Gasteiger partial charge in [0.15, 0.2) is 11.5 Å². The third-order valence-electron chi connectivity index (χ3n) is 3.63. The van der Waals surface area contributed by atoms with Crippen molar-refractivity contribution in [2.45, 2.75) is 6.92 Å². The van der Waals surface area contributed by atoms with Crippen LogP contribution in [0.2, 0.25) is 0 Å². The zero-order chi connectivity index (χ0) is 15.9. The largest absolute Gasteiger partial charge is 0.496 e. The SMILES string of the molecule is CCOCC[N+]1=CN(c2c(OC)cc(OC)cc2OC)CC1. The van der Waals surface area contributed by atoms with Crippen molar-refractivity contribution < 1.29 is 23.5 Å². The molecule has 6 heteroatoms. The molecule has 1 aromatic carbocycles. The molecule has 1 aliphatic heterocycles. The maximum atomic E-state index is 5.51. The lowest BCUT2D eigenvalue weighted by atomic mass is 10.2. The van der Waals surface area contributed by atoms with Gasteiger partial charge >= 0.3 is 0 Å². The van der Waals surface area contributed by atoms with Crippen molar-refractivity contribution in [3.8, 4) is 17.2 Å². The molecule has 0 saturated heterocycles. The Morgan fingerprint density at radius 1 is 1.09 bits per heavy atom. The first-order valence-electron chi connectivity index (χ1n) is 7.46. The van der Waals surface area contributed by atoms with Crippen LogP contribution in [0, 0.1) is 0 Å².